The van der Waals surface area contributed by atoms with Crippen LogP contribution in [0.25, 0.3) is 5.57 Å². The third kappa shape index (κ3) is 5.00. The maximum Gasteiger partial charge on any atom is 0.433 e. The van der Waals surface area contributed by atoms with E-state index in [2.05, 4.69) is 20.2 Å². The third-order valence-electron chi connectivity index (χ3n) is 4.97. The van der Waals surface area contributed by atoms with E-state index < -0.39 is 17.8 Å². The van der Waals surface area contributed by atoms with Crippen LogP contribution < -0.4 is 11.1 Å². The number of fused-ring (bicyclic) bond motifs is 1. The Hall–Kier alpha value is -2.63. The zero-order valence-electron chi connectivity index (χ0n) is 16.4. The molecule has 2 aliphatic rings. The van der Waals surface area contributed by atoms with Crippen molar-refractivity contribution in [2.24, 2.45) is 5.73 Å². The summed E-state index contributed by atoms with van der Waals surface area (Å²) in [5.41, 5.74) is 6.03. The van der Waals surface area contributed by atoms with Gasteiger partial charge in [-0.25, -0.2) is 9.97 Å². The molecule has 4 rings (SSSR count). The molecule has 0 aliphatic carbocycles. The number of amides is 1. The Balaban J connectivity index is 1.56. The molecule has 1 amide bonds. The Morgan fingerprint density at radius 1 is 1.26 bits per heavy atom. The van der Waals surface area contributed by atoms with Crippen LogP contribution in [-0.2, 0) is 22.1 Å². The fourth-order valence-electron chi connectivity index (χ4n) is 3.35. The van der Waals surface area contributed by atoms with Gasteiger partial charge in [0.2, 0.25) is 0 Å². The highest BCUT2D eigenvalue weighted by Gasteiger charge is 2.34. The van der Waals surface area contributed by atoms with Gasteiger partial charge in [0.15, 0.2) is 5.82 Å². The molecule has 0 spiro atoms. The number of primary amides is 1. The molecule has 3 N–H and O–H groups in total. The number of nitrogens with one attached hydrogen (secondary N) is 1. The van der Waals surface area contributed by atoms with Crippen LogP contribution in [-0.4, -0.2) is 53.6 Å². The Morgan fingerprint density at radius 3 is 2.74 bits per heavy atom. The van der Waals surface area contributed by atoms with Gasteiger partial charge in [-0.3, -0.25) is 9.69 Å². The number of carbonyl (C=O) groups excluding carboxylic acids is 1. The molecule has 2 aliphatic heterocycles. The SMILES string of the molecule is NC(=O)C(=C1Nc2ccc(CCN3CCOCC3)cc2S1)c1nccc(C(F)(F)F)n1. The van der Waals surface area contributed by atoms with E-state index in [1.807, 2.05) is 18.2 Å². The van der Waals surface area contributed by atoms with Crippen LogP contribution in [0.2, 0.25) is 0 Å². The minimum Gasteiger partial charge on any atom is -0.379 e. The van der Waals surface area contributed by atoms with E-state index in [-0.39, 0.29) is 11.4 Å². The summed E-state index contributed by atoms with van der Waals surface area (Å²) >= 11 is 1.23. The molecule has 1 fully saturated rings. The van der Waals surface area contributed by atoms with Crippen molar-refractivity contribution in [1.29, 1.82) is 0 Å². The van der Waals surface area contributed by atoms with Crippen molar-refractivity contribution in [2.75, 3.05) is 38.2 Å². The summed E-state index contributed by atoms with van der Waals surface area (Å²) in [4.78, 5) is 22.6. The van der Waals surface area contributed by atoms with Crippen LogP contribution in [0.15, 0.2) is 40.4 Å². The first-order valence-corrected chi connectivity index (χ1v) is 10.5. The number of alkyl halides is 3. The minimum atomic E-state index is -4.65. The number of carbonyl (C=O) groups is 1. The average Bonchev–Trinajstić information content (AvgIpc) is 3.15. The lowest BCUT2D eigenvalue weighted by Crippen LogP contribution is -2.37. The lowest BCUT2D eigenvalue weighted by molar-refractivity contribution is -0.141. The van der Waals surface area contributed by atoms with Gasteiger partial charge >= 0.3 is 6.18 Å². The molecule has 1 saturated heterocycles. The molecule has 11 heteroatoms. The third-order valence-corrected chi connectivity index (χ3v) is 6.04. The van der Waals surface area contributed by atoms with Gasteiger partial charge in [0.05, 0.1) is 23.9 Å². The van der Waals surface area contributed by atoms with Crippen molar-refractivity contribution < 1.29 is 22.7 Å². The molecule has 164 valence electrons. The first kappa shape index (κ1) is 21.6. The van der Waals surface area contributed by atoms with Crippen molar-refractivity contribution in [3.63, 3.8) is 0 Å². The number of thioether (sulfide) groups is 1. The molecule has 0 atom stereocenters. The number of anilines is 1. The Labute approximate surface area is 180 Å². The molecular formula is C20H20F3N5O2S. The number of morpholine rings is 1. The van der Waals surface area contributed by atoms with Crippen molar-refractivity contribution >= 4 is 28.9 Å². The van der Waals surface area contributed by atoms with Crippen LogP contribution in [0.5, 0.6) is 0 Å². The molecule has 0 unspecified atom stereocenters. The van der Waals surface area contributed by atoms with Gasteiger partial charge in [-0.05, 0) is 30.2 Å². The summed E-state index contributed by atoms with van der Waals surface area (Å²) in [6.07, 6.45) is -2.84. The molecule has 31 heavy (non-hydrogen) atoms. The number of hydrogen-bond acceptors (Lipinski definition) is 7. The second kappa shape index (κ2) is 8.85. The van der Waals surface area contributed by atoms with Gasteiger partial charge in [0.1, 0.15) is 11.3 Å². The van der Waals surface area contributed by atoms with Gasteiger partial charge in [-0.15, -0.1) is 0 Å². The number of benzene rings is 1. The van der Waals surface area contributed by atoms with Crippen LogP contribution >= 0.6 is 11.8 Å². The van der Waals surface area contributed by atoms with Gasteiger partial charge in [0.25, 0.3) is 5.91 Å². The molecule has 0 saturated carbocycles. The number of ether oxygens (including phenoxy) is 1. The molecular weight excluding hydrogens is 431 g/mol. The van der Waals surface area contributed by atoms with E-state index in [1.54, 1.807) is 0 Å². The van der Waals surface area contributed by atoms with Crippen molar-refractivity contribution in [2.45, 2.75) is 17.5 Å². The zero-order valence-corrected chi connectivity index (χ0v) is 17.2. The van der Waals surface area contributed by atoms with Crippen molar-refractivity contribution in [3.8, 4) is 0 Å². The fraction of sp³-hybridized carbons (Fsp3) is 0.350. The summed E-state index contributed by atoms with van der Waals surface area (Å²) in [6.45, 7) is 4.21. The maximum absolute atomic E-state index is 13.0. The molecule has 1 aromatic carbocycles. The van der Waals surface area contributed by atoms with Crippen molar-refractivity contribution in [3.05, 3.63) is 52.6 Å². The highest BCUT2D eigenvalue weighted by molar-refractivity contribution is 8.04. The van der Waals surface area contributed by atoms with E-state index in [4.69, 9.17) is 10.5 Å². The molecule has 2 aromatic rings. The first-order chi connectivity index (χ1) is 14.8. The van der Waals surface area contributed by atoms with E-state index in [0.29, 0.717) is 5.03 Å². The Bertz CT molecular complexity index is 1020. The lowest BCUT2D eigenvalue weighted by Gasteiger charge is -2.26. The predicted molar refractivity (Wildman–Crippen MR) is 110 cm³/mol. The average molecular weight is 451 g/mol. The van der Waals surface area contributed by atoms with E-state index >= 15 is 0 Å². The first-order valence-electron chi connectivity index (χ1n) is 9.64. The number of hydrogen-bond donors (Lipinski definition) is 2. The Morgan fingerprint density at radius 2 is 2.03 bits per heavy atom. The fourth-order valence-corrected chi connectivity index (χ4v) is 4.47. The number of rotatable bonds is 5. The highest BCUT2D eigenvalue weighted by atomic mass is 32.2. The van der Waals surface area contributed by atoms with Crippen LogP contribution in [0.4, 0.5) is 18.9 Å². The van der Waals surface area contributed by atoms with Crippen LogP contribution in [0.1, 0.15) is 17.1 Å². The quantitative estimate of drug-likeness (QED) is 0.676. The monoisotopic (exact) mass is 451 g/mol. The second-order valence-corrected chi connectivity index (χ2v) is 8.15. The van der Waals surface area contributed by atoms with Gasteiger partial charge < -0.3 is 15.8 Å². The second-order valence-electron chi connectivity index (χ2n) is 7.09. The standard InChI is InChI=1S/C20H20F3N5O2S/c21-20(22,23)15-3-5-25-18(27-15)16(17(24)29)19-26-13-2-1-12(11-14(13)31-19)4-6-28-7-9-30-10-8-28/h1-3,5,11,26H,4,6-10H2,(H2,24,29). The summed E-state index contributed by atoms with van der Waals surface area (Å²) in [5.74, 6) is -1.27. The summed E-state index contributed by atoms with van der Waals surface area (Å²) in [7, 11) is 0. The smallest absolute Gasteiger partial charge is 0.379 e. The summed E-state index contributed by atoms with van der Waals surface area (Å²) < 4.78 is 44.4. The van der Waals surface area contributed by atoms with E-state index in [0.717, 1.165) is 67.7 Å². The zero-order chi connectivity index (χ0) is 22.0. The van der Waals surface area contributed by atoms with Gasteiger partial charge in [-0.1, -0.05) is 17.8 Å². The topological polar surface area (TPSA) is 93.4 Å². The number of nitrogens with zero attached hydrogens (tertiary/aromatic N) is 3. The number of halogens is 3. The van der Waals surface area contributed by atoms with Gasteiger partial charge in [0, 0.05) is 30.7 Å². The summed E-state index contributed by atoms with van der Waals surface area (Å²) in [6, 6.07) is 6.62. The normalized spacial score (nSPS) is 18.4. The van der Waals surface area contributed by atoms with Crippen LogP contribution in [0, 0.1) is 0 Å². The Kier molecular flexibility index (Phi) is 6.17. The van der Waals surface area contributed by atoms with E-state index in [9.17, 15) is 18.0 Å². The van der Waals surface area contributed by atoms with Crippen molar-refractivity contribution in [1.82, 2.24) is 14.9 Å². The lowest BCUT2D eigenvalue weighted by atomic mass is 10.1. The maximum atomic E-state index is 13.0. The molecule has 7 nitrogen and oxygen atoms in total. The molecule has 0 radical (unpaired) electrons. The predicted octanol–water partition coefficient (Wildman–Crippen LogP) is 2.74. The van der Waals surface area contributed by atoms with E-state index in [1.165, 1.54) is 11.8 Å². The van der Waals surface area contributed by atoms with Gasteiger partial charge in [-0.2, -0.15) is 13.2 Å². The molecule has 3 heterocycles. The highest BCUT2D eigenvalue weighted by Crippen LogP contribution is 2.44. The number of aromatic nitrogens is 2. The number of nitrogens with two attached hydrogens (primary N) is 1. The summed E-state index contributed by atoms with van der Waals surface area (Å²) in [5, 5.41) is 3.37. The minimum absolute atomic E-state index is 0.179. The van der Waals surface area contributed by atoms with Crippen LogP contribution in [0.3, 0.4) is 0 Å². The molecule has 1 aromatic heterocycles. The largest absolute Gasteiger partial charge is 0.433 e. The molecule has 0 bridgehead atoms.